The molecule has 0 bridgehead atoms. The van der Waals surface area contributed by atoms with Crippen LogP contribution in [0, 0.1) is 17.7 Å². The summed E-state index contributed by atoms with van der Waals surface area (Å²) in [5.74, 6) is -3.24. The minimum Gasteiger partial charge on any atom is -0.477 e. The molecule has 1 aromatic carbocycles. The fourth-order valence-corrected chi connectivity index (χ4v) is 6.33. The lowest BCUT2D eigenvalue weighted by Crippen LogP contribution is -2.63. The van der Waals surface area contributed by atoms with Crippen molar-refractivity contribution in [3.05, 3.63) is 57.3 Å². The van der Waals surface area contributed by atoms with Crippen LogP contribution in [0.25, 0.3) is 0 Å². The molecule has 8 nitrogen and oxygen atoms in total. The number of aromatic nitrogens is 1. The summed E-state index contributed by atoms with van der Waals surface area (Å²) in [6.45, 7) is 3.66. The highest BCUT2D eigenvalue weighted by Gasteiger charge is 2.60. The van der Waals surface area contributed by atoms with E-state index < -0.39 is 29.9 Å². The van der Waals surface area contributed by atoms with Crippen molar-refractivity contribution in [3.8, 4) is 0 Å². The number of fused-ring (bicyclic) bond motifs is 1. The molecule has 2 aromatic rings. The van der Waals surface area contributed by atoms with Gasteiger partial charge in [-0.25, -0.2) is 14.2 Å². The zero-order valence-electron chi connectivity index (χ0n) is 17.8. The van der Waals surface area contributed by atoms with Crippen LogP contribution in [0.3, 0.4) is 0 Å². The molecule has 0 saturated carbocycles. The Kier molecular flexibility index (Phi) is 6.55. The number of carbonyl (C=O) groups is 3. The number of carbonyl (C=O) groups excluding carboxylic acids is 2. The molecule has 1 aromatic heterocycles. The molecule has 0 unspecified atom stereocenters. The van der Waals surface area contributed by atoms with Crippen LogP contribution in [0.1, 0.15) is 29.9 Å². The number of carboxylic acid groups (broad SMARTS) is 1. The average molecular weight is 492 g/mol. The topological polar surface area (TPSA) is 120 Å². The van der Waals surface area contributed by atoms with Crippen LogP contribution in [0.4, 0.5) is 4.39 Å². The van der Waals surface area contributed by atoms with Gasteiger partial charge >= 0.3 is 5.97 Å². The van der Waals surface area contributed by atoms with E-state index in [4.69, 9.17) is 0 Å². The van der Waals surface area contributed by atoms with Crippen molar-refractivity contribution in [1.82, 2.24) is 15.2 Å². The minimum absolute atomic E-state index is 0.0873. The summed E-state index contributed by atoms with van der Waals surface area (Å²) in [5.41, 5.74) is 0.879. The number of aliphatic hydroxyl groups excluding tert-OH is 1. The van der Waals surface area contributed by atoms with E-state index in [9.17, 15) is 29.0 Å². The van der Waals surface area contributed by atoms with E-state index in [2.05, 4.69) is 10.3 Å². The first kappa shape index (κ1) is 23.4. The van der Waals surface area contributed by atoms with Crippen LogP contribution in [0.15, 0.2) is 44.6 Å². The normalized spacial score (nSPS) is 22.7. The van der Waals surface area contributed by atoms with Crippen LogP contribution in [0.5, 0.6) is 0 Å². The second kappa shape index (κ2) is 9.24. The Hall–Kier alpha value is -2.76. The Labute approximate surface area is 197 Å². The fraction of sp³-hybridized carbons (Fsp3) is 0.364. The maximum Gasteiger partial charge on any atom is 0.353 e. The van der Waals surface area contributed by atoms with Gasteiger partial charge < -0.3 is 20.4 Å². The highest BCUT2D eigenvalue weighted by molar-refractivity contribution is 8.04. The Morgan fingerprint density at radius 3 is 2.82 bits per heavy atom. The number of carboxylic acids is 1. The number of thiazole rings is 1. The summed E-state index contributed by atoms with van der Waals surface area (Å²) in [5, 5.41) is 24.0. The van der Waals surface area contributed by atoms with Gasteiger partial charge in [-0.1, -0.05) is 30.8 Å². The third-order valence-electron chi connectivity index (χ3n) is 5.81. The fourth-order valence-electron chi connectivity index (χ4n) is 4.26. The Morgan fingerprint density at radius 1 is 1.39 bits per heavy atom. The van der Waals surface area contributed by atoms with Crippen molar-refractivity contribution in [2.24, 2.45) is 11.8 Å². The summed E-state index contributed by atoms with van der Waals surface area (Å²) in [6.07, 6.45) is -0.403. The Morgan fingerprint density at radius 2 is 2.15 bits per heavy atom. The number of halogens is 1. The van der Waals surface area contributed by atoms with Crippen molar-refractivity contribution >= 4 is 40.9 Å². The summed E-state index contributed by atoms with van der Waals surface area (Å²) < 4.78 is 13.7. The first-order chi connectivity index (χ1) is 15.7. The smallest absolute Gasteiger partial charge is 0.353 e. The number of rotatable bonds is 8. The molecule has 4 rings (SSSR count). The van der Waals surface area contributed by atoms with E-state index >= 15 is 0 Å². The molecule has 11 heteroatoms. The summed E-state index contributed by atoms with van der Waals surface area (Å²) in [7, 11) is 0. The molecule has 33 heavy (non-hydrogen) atoms. The zero-order chi connectivity index (χ0) is 23.9. The van der Waals surface area contributed by atoms with Gasteiger partial charge in [-0.05, 0) is 31.0 Å². The molecule has 2 amide bonds. The third-order valence-corrected chi connectivity index (χ3v) is 8.04. The number of nitrogens with zero attached hydrogens (tertiary/aromatic N) is 2. The maximum atomic E-state index is 13.3. The molecular formula is C22H22FN3O5S2. The van der Waals surface area contributed by atoms with E-state index in [-0.39, 0.29) is 29.0 Å². The molecule has 3 N–H and O–H groups in total. The number of nitrogens with one attached hydrogen (secondary N) is 1. The van der Waals surface area contributed by atoms with Crippen molar-refractivity contribution in [1.29, 1.82) is 0 Å². The van der Waals surface area contributed by atoms with Crippen LogP contribution in [-0.2, 0) is 16.0 Å². The summed E-state index contributed by atoms with van der Waals surface area (Å²) in [6, 6.07) is 5.75. The van der Waals surface area contributed by atoms with Gasteiger partial charge in [-0.2, -0.15) is 0 Å². The summed E-state index contributed by atoms with van der Waals surface area (Å²) in [4.78, 5) is 42.8. The molecule has 2 aliphatic rings. The first-order valence-corrected chi connectivity index (χ1v) is 12.0. The van der Waals surface area contributed by atoms with Crippen LogP contribution in [-0.4, -0.2) is 56.6 Å². The molecular weight excluding hydrogens is 469 g/mol. The highest BCUT2D eigenvalue weighted by atomic mass is 32.2. The van der Waals surface area contributed by atoms with Crippen molar-refractivity contribution in [3.63, 3.8) is 0 Å². The molecule has 4 atom stereocenters. The van der Waals surface area contributed by atoms with Gasteiger partial charge in [0.15, 0.2) is 4.34 Å². The van der Waals surface area contributed by atoms with E-state index in [0.717, 1.165) is 17.3 Å². The van der Waals surface area contributed by atoms with Gasteiger partial charge in [0.05, 0.1) is 18.1 Å². The molecule has 174 valence electrons. The molecule has 3 heterocycles. The quantitative estimate of drug-likeness (QED) is 0.486. The number of hydrogen-bond acceptors (Lipinski definition) is 7. The molecule has 0 radical (unpaired) electrons. The number of thioether (sulfide) groups is 1. The van der Waals surface area contributed by atoms with Gasteiger partial charge in [0.25, 0.3) is 5.91 Å². The van der Waals surface area contributed by atoms with E-state index in [1.807, 2.05) is 6.92 Å². The minimum atomic E-state index is -1.21. The van der Waals surface area contributed by atoms with Gasteiger partial charge in [0, 0.05) is 22.7 Å². The number of benzene rings is 1. The second-order valence-electron chi connectivity index (χ2n) is 8.01. The molecule has 0 aliphatic carbocycles. The van der Waals surface area contributed by atoms with Crippen LogP contribution >= 0.6 is 23.1 Å². The lowest BCUT2D eigenvalue weighted by Gasteiger charge is -2.46. The van der Waals surface area contributed by atoms with Gasteiger partial charge in [-0.3, -0.25) is 9.59 Å². The molecule has 0 spiro atoms. The van der Waals surface area contributed by atoms with Gasteiger partial charge in [-0.15, -0.1) is 11.3 Å². The zero-order valence-corrected chi connectivity index (χ0v) is 19.5. The van der Waals surface area contributed by atoms with E-state index in [1.165, 1.54) is 35.3 Å². The number of β-lactam (4-membered cyclic amide) rings is 1. The summed E-state index contributed by atoms with van der Waals surface area (Å²) >= 11 is 2.33. The number of aliphatic hydroxyl groups is 1. The Balaban J connectivity index is 1.43. The predicted molar refractivity (Wildman–Crippen MR) is 120 cm³/mol. The largest absolute Gasteiger partial charge is 0.477 e. The monoisotopic (exact) mass is 491 g/mol. The van der Waals surface area contributed by atoms with Crippen LogP contribution in [0.2, 0.25) is 0 Å². The lowest BCUT2D eigenvalue weighted by atomic mass is 9.79. The predicted octanol–water partition coefficient (Wildman–Crippen LogP) is 2.50. The first-order valence-electron chi connectivity index (χ1n) is 10.3. The average Bonchev–Trinajstić information content (AvgIpc) is 3.30. The highest BCUT2D eigenvalue weighted by Crippen LogP contribution is 2.52. The van der Waals surface area contributed by atoms with Crippen LogP contribution < -0.4 is 5.32 Å². The van der Waals surface area contributed by atoms with E-state index in [1.54, 1.807) is 17.5 Å². The molecule has 1 fully saturated rings. The number of hydrogen-bond donors (Lipinski definition) is 3. The van der Waals surface area contributed by atoms with Crippen molar-refractivity contribution in [2.75, 3.05) is 6.54 Å². The van der Waals surface area contributed by atoms with Crippen molar-refractivity contribution < 1.29 is 29.0 Å². The van der Waals surface area contributed by atoms with E-state index in [0.29, 0.717) is 22.2 Å². The second-order valence-corrected chi connectivity index (χ2v) is 10.2. The SMILES string of the molecule is C[C@@H](O)[C@H]1C(=O)N2C(C(=O)O)=C(Sc3nc(C(=O)NCCc4cccc(F)c4)cs3)[C@H](C)[C@H]12. The van der Waals surface area contributed by atoms with Crippen molar-refractivity contribution in [2.45, 2.75) is 36.8 Å². The van der Waals surface area contributed by atoms with Gasteiger partial charge in [0.2, 0.25) is 5.91 Å². The molecule has 1 saturated heterocycles. The molecule has 2 aliphatic heterocycles. The lowest BCUT2D eigenvalue weighted by molar-refractivity contribution is -0.163. The number of aliphatic carboxylic acids is 1. The Bertz CT molecular complexity index is 1150. The maximum absolute atomic E-state index is 13.3. The standard InChI is InChI=1S/C22H22FN3O5S2/c1-10-16-15(11(2)27)20(29)26(16)17(21(30)31)18(10)33-22-25-14(9-32-22)19(28)24-7-6-12-4-3-5-13(23)8-12/h3-5,8-11,15-16,27H,6-7H2,1-2H3,(H,24,28)(H,30,31)/t10-,11-,15-,16-/m1/s1. The third kappa shape index (κ3) is 4.40. The number of amides is 2. The van der Waals surface area contributed by atoms with Gasteiger partial charge in [0.1, 0.15) is 17.2 Å².